The van der Waals surface area contributed by atoms with Gasteiger partial charge in [-0.05, 0) is 54.2 Å². The number of halogens is 1. The topological polar surface area (TPSA) is 147 Å². The number of nitrogens with zero attached hydrogens (tertiary/aromatic N) is 3. The molecule has 39 heavy (non-hydrogen) atoms. The molecule has 1 heterocycles. The summed E-state index contributed by atoms with van der Waals surface area (Å²) < 4.78 is 25.2. The van der Waals surface area contributed by atoms with Crippen molar-refractivity contribution in [1.82, 2.24) is 15.1 Å². The quantitative estimate of drug-likeness (QED) is 0.146. The van der Waals surface area contributed by atoms with Crippen LogP contribution in [-0.4, -0.2) is 61.3 Å². The number of ether oxygens (including phenoxy) is 2. The van der Waals surface area contributed by atoms with Crippen LogP contribution in [-0.2, 0) is 16.1 Å². The Bertz CT molecular complexity index is 1250. The van der Waals surface area contributed by atoms with Gasteiger partial charge in [0, 0.05) is 26.2 Å². The monoisotopic (exact) mass is 542 g/mol. The number of rotatable bonds is 11. The maximum atomic E-state index is 13.4. The molecule has 0 radical (unpaired) electrons. The van der Waals surface area contributed by atoms with Crippen LogP contribution in [0.2, 0.25) is 0 Å². The third-order valence-corrected chi connectivity index (χ3v) is 5.65. The summed E-state index contributed by atoms with van der Waals surface area (Å²) in [6, 6.07) is 10.8. The van der Waals surface area contributed by atoms with Crippen molar-refractivity contribution in [2.75, 3.05) is 27.4 Å². The molecule has 0 saturated heterocycles. The molecule has 1 aromatic heterocycles. The van der Waals surface area contributed by atoms with E-state index in [1.165, 1.54) is 12.1 Å². The van der Waals surface area contributed by atoms with E-state index >= 15 is 0 Å². The van der Waals surface area contributed by atoms with Gasteiger partial charge in [-0.25, -0.2) is 4.39 Å². The fourth-order valence-electron chi connectivity index (χ4n) is 3.58. The molecule has 212 valence electrons. The van der Waals surface area contributed by atoms with E-state index in [-0.39, 0.29) is 17.5 Å². The summed E-state index contributed by atoms with van der Waals surface area (Å²) in [6.07, 6.45) is 2.24. The summed E-state index contributed by atoms with van der Waals surface area (Å²) in [5.41, 5.74) is 11.9. The van der Waals surface area contributed by atoms with Crippen molar-refractivity contribution in [3.05, 3.63) is 59.5 Å². The third-order valence-electron chi connectivity index (χ3n) is 5.65. The number of carbonyl (C=O) groups is 2. The van der Waals surface area contributed by atoms with Crippen molar-refractivity contribution in [3.8, 4) is 5.75 Å². The molecule has 0 fully saturated rings. The Kier molecular flexibility index (Phi) is 11.9. The number of nitrogens with two attached hydrogens (primary N) is 2. The zero-order valence-electron chi connectivity index (χ0n) is 23.2. The molecular weight excluding hydrogens is 503 g/mol. The molecule has 1 amide bonds. The lowest BCUT2D eigenvalue weighted by atomic mass is 9.87. The molecule has 5 N–H and O–H groups in total. The molecule has 1 atom stereocenters. The summed E-state index contributed by atoms with van der Waals surface area (Å²) in [5.74, 6) is -0.138. The summed E-state index contributed by atoms with van der Waals surface area (Å²) in [7, 11) is 3.25. The highest BCUT2D eigenvalue weighted by molar-refractivity contribution is 6.06. The number of guanidine groups is 1. The number of aromatic nitrogens is 2. The highest BCUT2D eigenvalue weighted by atomic mass is 19.1. The lowest BCUT2D eigenvalue weighted by molar-refractivity contribution is -0.111. The summed E-state index contributed by atoms with van der Waals surface area (Å²) in [4.78, 5) is 28.8. The van der Waals surface area contributed by atoms with Crippen LogP contribution in [0.25, 0.3) is 10.9 Å². The molecular formula is C28H39FN6O4. The van der Waals surface area contributed by atoms with Crippen LogP contribution in [0.5, 0.6) is 5.75 Å². The lowest BCUT2D eigenvalue weighted by Gasteiger charge is -2.26. The van der Waals surface area contributed by atoms with Crippen molar-refractivity contribution >= 4 is 29.1 Å². The van der Waals surface area contributed by atoms with Crippen molar-refractivity contribution in [2.24, 2.45) is 21.9 Å². The SMILES string of the molecule is CC(C)(C)C(C=O)NC(=O)c1nn(Cc2ccc(F)cc2)c2ccc(OCCCCN=C(N)N)cc12.COC. The number of aldehydes is 1. The van der Waals surface area contributed by atoms with Crippen molar-refractivity contribution < 1.29 is 23.5 Å². The number of hydrogen-bond donors (Lipinski definition) is 3. The van der Waals surface area contributed by atoms with Crippen molar-refractivity contribution in [3.63, 3.8) is 0 Å². The van der Waals surface area contributed by atoms with Gasteiger partial charge >= 0.3 is 0 Å². The van der Waals surface area contributed by atoms with E-state index in [1.807, 2.05) is 32.9 Å². The number of fused-ring (bicyclic) bond motifs is 1. The fourth-order valence-corrected chi connectivity index (χ4v) is 3.58. The first-order valence-electron chi connectivity index (χ1n) is 12.6. The number of unbranched alkanes of at least 4 members (excludes halogenated alkanes) is 1. The van der Waals surface area contributed by atoms with E-state index in [1.54, 1.807) is 37.1 Å². The Hall–Kier alpha value is -3.99. The molecule has 0 saturated carbocycles. The second kappa shape index (κ2) is 14.8. The number of methoxy groups -OCH3 is 1. The minimum Gasteiger partial charge on any atom is -0.494 e. The molecule has 3 aromatic rings. The fraction of sp³-hybridized carbons (Fsp3) is 0.429. The Morgan fingerprint density at radius 1 is 1.15 bits per heavy atom. The summed E-state index contributed by atoms with van der Waals surface area (Å²) >= 11 is 0. The highest BCUT2D eigenvalue weighted by Crippen LogP contribution is 2.26. The Balaban J connectivity index is 0.00000170. The number of hydrogen-bond acceptors (Lipinski definition) is 6. The largest absolute Gasteiger partial charge is 0.494 e. The minimum atomic E-state index is -0.688. The molecule has 0 aliphatic rings. The van der Waals surface area contributed by atoms with Gasteiger partial charge < -0.3 is 31.1 Å². The standard InChI is InChI=1S/C26H33FN6O3.C2H6O/c1-26(2,3)22(16-34)31-24(35)23-20-14-19(36-13-5-4-12-30-25(28)29)10-11-21(20)33(32-23)15-17-6-8-18(27)9-7-17;1-3-2/h6-11,14,16,22H,4-5,12-13,15H2,1-3H3,(H,31,35)(H4,28,29,30);1-2H3. The first kappa shape index (κ1) is 31.2. The van der Waals surface area contributed by atoms with Crippen LogP contribution >= 0.6 is 0 Å². The van der Waals surface area contributed by atoms with Gasteiger partial charge in [0.2, 0.25) is 0 Å². The minimum absolute atomic E-state index is 0.0631. The van der Waals surface area contributed by atoms with Crippen molar-refractivity contribution in [2.45, 2.75) is 46.2 Å². The third kappa shape index (κ3) is 9.68. The number of aliphatic imine (C=N–C) groups is 1. The molecule has 1 unspecified atom stereocenters. The molecule has 10 nitrogen and oxygen atoms in total. The Morgan fingerprint density at radius 2 is 1.82 bits per heavy atom. The summed E-state index contributed by atoms with van der Waals surface area (Å²) in [6.45, 7) is 6.93. The number of benzene rings is 2. The van der Waals surface area contributed by atoms with E-state index in [4.69, 9.17) is 16.2 Å². The molecule has 0 spiro atoms. The van der Waals surface area contributed by atoms with Gasteiger partial charge in [0.05, 0.1) is 24.7 Å². The Labute approximate surface area is 228 Å². The van der Waals surface area contributed by atoms with E-state index in [2.05, 4.69) is 20.1 Å². The number of carbonyl (C=O) groups excluding carboxylic acids is 2. The average Bonchev–Trinajstić information content (AvgIpc) is 3.23. The van der Waals surface area contributed by atoms with Gasteiger partial charge in [-0.2, -0.15) is 5.10 Å². The van der Waals surface area contributed by atoms with Gasteiger partial charge in [0.15, 0.2) is 11.7 Å². The zero-order valence-corrected chi connectivity index (χ0v) is 23.2. The highest BCUT2D eigenvalue weighted by Gasteiger charge is 2.28. The van der Waals surface area contributed by atoms with Crippen LogP contribution in [0.3, 0.4) is 0 Å². The average molecular weight is 543 g/mol. The molecule has 11 heteroatoms. The van der Waals surface area contributed by atoms with Crippen LogP contribution in [0.1, 0.15) is 49.7 Å². The van der Waals surface area contributed by atoms with E-state index in [9.17, 15) is 14.0 Å². The molecule has 3 rings (SSSR count). The van der Waals surface area contributed by atoms with E-state index in [0.29, 0.717) is 36.3 Å². The molecule has 0 bridgehead atoms. The first-order valence-corrected chi connectivity index (χ1v) is 12.6. The van der Waals surface area contributed by atoms with Crippen molar-refractivity contribution in [1.29, 1.82) is 0 Å². The zero-order chi connectivity index (χ0) is 29.0. The van der Waals surface area contributed by atoms with E-state index in [0.717, 1.165) is 24.7 Å². The van der Waals surface area contributed by atoms with Crippen LogP contribution in [0, 0.1) is 11.2 Å². The Morgan fingerprint density at radius 3 is 2.41 bits per heavy atom. The second-order valence-corrected chi connectivity index (χ2v) is 10.0. The summed E-state index contributed by atoms with van der Waals surface area (Å²) in [5, 5.41) is 7.93. The maximum Gasteiger partial charge on any atom is 0.273 e. The second-order valence-electron chi connectivity index (χ2n) is 10.0. The normalized spacial score (nSPS) is 11.7. The van der Waals surface area contributed by atoms with Gasteiger partial charge in [0.1, 0.15) is 17.9 Å². The molecule has 2 aromatic carbocycles. The van der Waals surface area contributed by atoms with Crippen LogP contribution in [0.4, 0.5) is 4.39 Å². The first-order chi connectivity index (χ1) is 18.5. The lowest BCUT2D eigenvalue weighted by Crippen LogP contribution is -2.45. The number of nitrogens with one attached hydrogen (secondary N) is 1. The molecule has 0 aliphatic carbocycles. The van der Waals surface area contributed by atoms with Gasteiger partial charge in [-0.3, -0.25) is 14.5 Å². The van der Waals surface area contributed by atoms with Crippen LogP contribution in [0.15, 0.2) is 47.5 Å². The van der Waals surface area contributed by atoms with Gasteiger partial charge in [0.25, 0.3) is 5.91 Å². The van der Waals surface area contributed by atoms with Gasteiger partial charge in [-0.15, -0.1) is 0 Å². The van der Waals surface area contributed by atoms with E-state index < -0.39 is 17.4 Å². The van der Waals surface area contributed by atoms with Crippen LogP contribution < -0.4 is 21.5 Å². The maximum absolute atomic E-state index is 13.4. The smallest absolute Gasteiger partial charge is 0.273 e. The van der Waals surface area contributed by atoms with Gasteiger partial charge in [-0.1, -0.05) is 32.9 Å². The molecule has 0 aliphatic heterocycles. The number of amides is 1. The predicted octanol–water partition coefficient (Wildman–Crippen LogP) is 3.26. The predicted molar refractivity (Wildman–Crippen MR) is 150 cm³/mol.